The van der Waals surface area contributed by atoms with Crippen molar-refractivity contribution in [3.05, 3.63) is 33.6 Å². The Bertz CT molecular complexity index is 1530. The number of anilines is 1. The second kappa shape index (κ2) is 12.4. The van der Waals surface area contributed by atoms with Gasteiger partial charge in [-0.25, -0.2) is 9.78 Å². The van der Waals surface area contributed by atoms with Gasteiger partial charge in [-0.2, -0.15) is 4.99 Å². The number of nitrogens with one attached hydrogen (secondary N) is 2. The summed E-state index contributed by atoms with van der Waals surface area (Å²) in [6.07, 6.45) is 4.02. The van der Waals surface area contributed by atoms with Gasteiger partial charge in [-0.3, -0.25) is 19.4 Å². The SMILES string of the molecule is C[NH+]1C2=C(CCCC2)C(N)=NC1SCC1=C(C(=O)[O-])N2C(=O)C(NC(=O)/C(=N\OC(C)(C)C(=O)O)c3csc(N)n3)[C@H]2SC1. The van der Waals surface area contributed by atoms with Gasteiger partial charge in [0.2, 0.25) is 11.1 Å². The average molecular weight is 665 g/mol. The third-order valence-corrected chi connectivity index (χ3v) is 11.0. The molecule has 1 aliphatic carbocycles. The van der Waals surface area contributed by atoms with E-state index in [0.717, 1.165) is 52.4 Å². The summed E-state index contributed by atoms with van der Waals surface area (Å²) >= 11 is 3.78. The van der Waals surface area contributed by atoms with Crippen LogP contribution < -0.4 is 26.8 Å². The van der Waals surface area contributed by atoms with Crippen molar-refractivity contribution in [3.63, 3.8) is 0 Å². The summed E-state index contributed by atoms with van der Waals surface area (Å²) in [5.74, 6) is -3.20. The molecule has 0 bridgehead atoms. The van der Waals surface area contributed by atoms with E-state index in [4.69, 9.17) is 16.3 Å². The summed E-state index contributed by atoms with van der Waals surface area (Å²) in [6, 6.07) is -1.08. The number of aliphatic imine (C=N–C) groups is 1. The quantitative estimate of drug-likeness (QED) is 0.109. The molecule has 4 atom stereocenters. The molecule has 3 aliphatic heterocycles. The first-order valence-electron chi connectivity index (χ1n) is 13.7. The molecule has 0 spiro atoms. The average Bonchev–Trinajstić information content (AvgIpc) is 3.41. The molecule has 5 rings (SSSR count). The van der Waals surface area contributed by atoms with Gasteiger partial charge in [0.05, 0.1) is 24.3 Å². The predicted octanol–water partition coefficient (Wildman–Crippen LogP) is -1.56. The number of amides is 2. The van der Waals surface area contributed by atoms with E-state index >= 15 is 0 Å². The zero-order valence-corrected chi connectivity index (χ0v) is 26.6. The molecule has 4 heterocycles. The molecule has 0 aromatic carbocycles. The standard InChI is InChI=1S/C26H32N8O7S3/c1-26(2,23(39)40)41-32-15(13-10-43-24(28)29-13)19(35)30-16-20(36)34-17(22(37)38)11(8-42-21(16)34)9-44-25-31-18(27)12-6-4-5-7-14(12)33(25)3/h10,16,21,25H,4-9H2,1-3H3,(H2,27,31)(H2,28,29)(H,30,35)(H,37,38)(H,39,40)/b32-15-/t16?,21-,25?/m1/s1. The predicted molar refractivity (Wildman–Crippen MR) is 163 cm³/mol. The van der Waals surface area contributed by atoms with Gasteiger partial charge in [0.15, 0.2) is 10.8 Å². The normalized spacial score (nSPS) is 25.5. The molecule has 1 fully saturated rings. The minimum Gasteiger partial charge on any atom is -0.543 e. The first-order chi connectivity index (χ1) is 20.8. The summed E-state index contributed by atoms with van der Waals surface area (Å²) < 4.78 is 0. The van der Waals surface area contributed by atoms with Crippen molar-refractivity contribution in [2.45, 2.75) is 62.0 Å². The molecule has 0 saturated carbocycles. The number of aliphatic carboxylic acids is 2. The summed E-state index contributed by atoms with van der Waals surface area (Å²) in [6.45, 7) is 2.50. The first-order valence-corrected chi connectivity index (χ1v) is 16.7. The topological polar surface area (TPSA) is 230 Å². The van der Waals surface area contributed by atoms with E-state index in [1.165, 1.54) is 48.4 Å². The van der Waals surface area contributed by atoms with Crippen LogP contribution in [0.25, 0.3) is 0 Å². The lowest BCUT2D eigenvalue weighted by Crippen LogP contribution is -3.11. The van der Waals surface area contributed by atoms with E-state index < -0.39 is 40.8 Å². The lowest BCUT2D eigenvalue weighted by molar-refractivity contribution is -0.852. The maximum Gasteiger partial charge on any atom is 0.350 e. The Morgan fingerprint density at radius 1 is 1.32 bits per heavy atom. The second-order valence-corrected chi connectivity index (χ2v) is 14.1. The Balaban J connectivity index is 1.30. The highest BCUT2D eigenvalue weighted by molar-refractivity contribution is 8.01. The number of thiazole rings is 1. The number of oxime groups is 1. The Hall–Kier alpha value is -3.61. The smallest absolute Gasteiger partial charge is 0.350 e. The van der Waals surface area contributed by atoms with Crippen molar-refractivity contribution in [3.8, 4) is 0 Å². The number of nitrogen functional groups attached to an aromatic ring is 1. The number of hydrogen-bond donors (Lipinski definition) is 5. The molecule has 2 amide bonds. The number of fused-ring (bicyclic) bond motifs is 1. The van der Waals surface area contributed by atoms with Crippen LogP contribution in [0.5, 0.6) is 0 Å². The molecule has 44 heavy (non-hydrogen) atoms. The molecule has 1 aromatic rings. The molecular weight excluding hydrogens is 633 g/mol. The zero-order chi connectivity index (χ0) is 31.9. The fraction of sp³-hybridized carbons (Fsp3) is 0.500. The van der Waals surface area contributed by atoms with Crippen LogP contribution in [0.2, 0.25) is 0 Å². The maximum atomic E-state index is 13.3. The molecule has 15 nitrogen and oxygen atoms in total. The Labute approximate surface area is 264 Å². The fourth-order valence-corrected chi connectivity index (χ4v) is 8.41. The second-order valence-electron chi connectivity index (χ2n) is 11.0. The van der Waals surface area contributed by atoms with Gasteiger partial charge < -0.3 is 36.6 Å². The van der Waals surface area contributed by atoms with Gasteiger partial charge in [-0.15, -0.1) is 23.1 Å². The van der Waals surface area contributed by atoms with E-state index in [2.05, 4.69) is 20.4 Å². The van der Waals surface area contributed by atoms with Crippen LogP contribution in [0.1, 0.15) is 45.2 Å². The van der Waals surface area contributed by atoms with Crippen molar-refractivity contribution in [1.82, 2.24) is 15.2 Å². The lowest BCUT2D eigenvalue weighted by Gasteiger charge is -2.50. The number of β-lactam (4-membered cyclic amide) rings is 1. The Morgan fingerprint density at radius 2 is 2.05 bits per heavy atom. The molecule has 4 aliphatic rings. The number of carboxylic acids is 2. The number of amidine groups is 1. The minimum absolute atomic E-state index is 0.0231. The molecule has 18 heteroatoms. The highest BCUT2D eigenvalue weighted by Gasteiger charge is 2.53. The summed E-state index contributed by atoms with van der Waals surface area (Å²) in [5, 5.41) is 28.8. The number of nitrogens with two attached hydrogens (primary N) is 2. The summed E-state index contributed by atoms with van der Waals surface area (Å²) in [4.78, 5) is 66.3. The number of carboxylic acid groups (broad SMARTS) is 2. The van der Waals surface area contributed by atoms with Crippen molar-refractivity contribution in [2.24, 2.45) is 15.9 Å². The first kappa shape index (κ1) is 31.8. The minimum atomic E-state index is -1.77. The van der Waals surface area contributed by atoms with Crippen LogP contribution in [-0.4, -0.2) is 91.4 Å². The highest BCUT2D eigenvalue weighted by Crippen LogP contribution is 2.41. The van der Waals surface area contributed by atoms with Gasteiger partial charge in [-0.05, 0) is 38.7 Å². The largest absolute Gasteiger partial charge is 0.543 e. The van der Waals surface area contributed by atoms with Crippen LogP contribution in [0.15, 0.2) is 38.1 Å². The summed E-state index contributed by atoms with van der Waals surface area (Å²) in [7, 11) is 2.03. The number of nitrogens with zero attached hydrogens (tertiary/aromatic N) is 4. The van der Waals surface area contributed by atoms with Crippen molar-refractivity contribution in [1.29, 1.82) is 0 Å². The Kier molecular flexibility index (Phi) is 8.97. The van der Waals surface area contributed by atoms with Crippen molar-refractivity contribution in [2.75, 3.05) is 24.3 Å². The molecule has 0 radical (unpaired) electrons. The number of rotatable bonds is 10. The van der Waals surface area contributed by atoms with E-state index in [1.807, 2.05) is 7.05 Å². The van der Waals surface area contributed by atoms with Gasteiger partial charge in [0, 0.05) is 23.3 Å². The van der Waals surface area contributed by atoms with Crippen LogP contribution in [0.3, 0.4) is 0 Å². The third kappa shape index (κ3) is 6.02. The number of quaternary nitrogens is 1. The van der Waals surface area contributed by atoms with Gasteiger partial charge in [0.1, 0.15) is 28.6 Å². The zero-order valence-electron chi connectivity index (χ0n) is 24.1. The Morgan fingerprint density at radius 3 is 2.70 bits per heavy atom. The number of carbonyl (C=O) groups excluding carboxylic acids is 3. The van der Waals surface area contributed by atoms with E-state index in [-0.39, 0.29) is 33.5 Å². The lowest BCUT2D eigenvalue weighted by atomic mass is 9.94. The number of hydrogen-bond acceptors (Lipinski definition) is 14. The third-order valence-electron chi connectivity index (χ3n) is 7.68. The van der Waals surface area contributed by atoms with Crippen LogP contribution >= 0.6 is 34.9 Å². The van der Waals surface area contributed by atoms with Gasteiger partial charge in [-0.1, -0.05) is 16.9 Å². The van der Waals surface area contributed by atoms with Crippen LogP contribution in [0, 0.1) is 0 Å². The molecule has 236 valence electrons. The number of allylic oxidation sites excluding steroid dienone is 1. The van der Waals surface area contributed by atoms with Crippen LogP contribution in [-0.2, 0) is 24.0 Å². The monoisotopic (exact) mass is 664 g/mol. The van der Waals surface area contributed by atoms with Crippen molar-refractivity contribution >= 4 is 75.3 Å². The van der Waals surface area contributed by atoms with E-state index in [0.29, 0.717) is 17.2 Å². The summed E-state index contributed by atoms with van der Waals surface area (Å²) in [5.41, 5.74) is 12.2. The molecule has 7 N–H and O–H groups in total. The van der Waals surface area contributed by atoms with Crippen molar-refractivity contribution < 1.29 is 39.1 Å². The number of aromatic nitrogens is 1. The van der Waals surface area contributed by atoms with Crippen LogP contribution in [0.4, 0.5) is 5.13 Å². The molecule has 1 aromatic heterocycles. The maximum absolute atomic E-state index is 13.3. The van der Waals surface area contributed by atoms with E-state index in [1.54, 1.807) is 0 Å². The molecule has 3 unspecified atom stereocenters. The van der Waals surface area contributed by atoms with Gasteiger partial charge in [0.25, 0.3) is 11.8 Å². The number of thioether (sulfide) groups is 2. The molecule has 1 saturated heterocycles. The highest BCUT2D eigenvalue weighted by atomic mass is 32.2. The van der Waals surface area contributed by atoms with E-state index in [9.17, 15) is 29.4 Å². The fourth-order valence-electron chi connectivity index (χ4n) is 5.21. The van der Waals surface area contributed by atoms with Gasteiger partial charge >= 0.3 is 5.97 Å². The molecular formula is C26H32N8O7S3. The number of carbonyl (C=O) groups is 4.